The summed E-state index contributed by atoms with van der Waals surface area (Å²) in [7, 11) is 0. The van der Waals surface area contributed by atoms with E-state index in [0.29, 0.717) is 18.4 Å². The molecule has 1 atom stereocenters. The molecule has 3 rings (SSSR count). The maximum Gasteiger partial charge on any atom is 0.223 e. The van der Waals surface area contributed by atoms with Gasteiger partial charge in [0.1, 0.15) is 10.8 Å². The lowest BCUT2D eigenvalue weighted by Crippen LogP contribution is -2.30. The second-order valence-corrected chi connectivity index (χ2v) is 6.13. The molecule has 5 heteroatoms. The van der Waals surface area contributed by atoms with Crippen molar-refractivity contribution in [3.8, 4) is 0 Å². The Hall–Kier alpha value is -1.75. The van der Waals surface area contributed by atoms with Crippen LogP contribution in [0, 0.1) is 5.82 Å². The summed E-state index contributed by atoms with van der Waals surface area (Å²) >= 11 is 1.59. The topological polar surface area (TPSA) is 33.2 Å². The van der Waals surface area contributed by atoms with E-state index in [1.165, 1.54) is 6.07 Å². The van der Waals surface area contributed by atoms with Gasteiger partial charge < -0.3 is 4.90 Å². The van der Waals surface area contributed by atoms with Crippen LogP contribution in [0.2, 0.25) is 0 Å². The lowest BCUT2D eigenvalue weighted by atomic mass is 10.1. The van der Waals surface area contributed by atoms with Crippen LogP contribution in [0.4, 0.5) is 4.39 Å². The van der Waals surface area contributed by atoms with Crippen molar-refractivity contribution >= 4 is 17.2 Å². The first kappa shape index (κ1) is 14.2. The fourth-order valence-corrected chi connectivity index (χ4v) is 3.59. The third-order valence-electron chi connectivity index (χ3n) is 3.88. The summed E-state index contributed by atoms with van der Waals surface area (Å²) < 4.78 is 13.6. The molecular formula is C16H17FN2OS. The molecule has 0 saturated carbocycles. The number of aryl methyl sites for hydroxylation is 1. The predicted octanol–water partition coefficient (Wildman–Crippen LogP) is 3.58. The Labute approximate surface area is 127 Å². The molecule has 1 unspecified atom stereocenters. The number of thiazole rings is 1. The molecule has 1 aliphatic heterocycles. The van der Waals surface area contributed by atoms with Gasteiger partial charge in [-0.2, -0.15) is 0 Å². The second kappa shape index (κ2) is 6.35. The SMILES string of the molecule is O=C(CCc1ccccc1F)N1CCCC1c1nccs1. The van der Waals surface area contributed by atoms with Crippen LogP contribution in [0.15, 0.2) is 35.8 Å². The van der Waals surface area contributed by atoms with Gasteiger partial charge in [0.25, 0.3) is 0 Å². The molecular weight excluding hydrogens is 287 g/mol. The summed E-state index contributed by atoms with van der Waals surface area (Å²) in [6.07, 6.45) is 4.56. The van der Waals surface area contributed by atoms with Crippen LogP contribution in [0.5, 0.6) is 0 Å². The van der Waals surface area contributed by atoms with Crippen molar-refractivity contribution < 1.29 is 9.18 Å². The summed E-state index contributed by atoms with van der Waals surface area (Å²) in [4.78, 5) is 18.6. The predicted molar refractivity (Wildman–Crippen MR) is 80.5 cm³/mol. The summed E-state index contributed by atoms with van der Waals surface area (Å²) in [5, 5.41) is 2.95. The highest BCUT2D eigenvalue weighted by molar-refractivity contribution is 7.09. The fraction of sp³-hybridized carbons (Fsp3) is 0.375. The molecule has 110 valence electrons. The zero-order valence-electron chi connectivity index (χ0n) is 11.7. The molecule has 2 aromatic rings. The van der Waals surface area contributed by atoms with Crippen LogP contribution in [0.25, 0.3) is 0 Å². The number of aromatic nitrogens is 1. The van der Waals surface area contributed by atoms with E-state index in [2.05, 4.69) is 4.98 Å². The Morgan fingerprint density at radius 2 is 2.29 bits per heavy atom. The highest BCUT2D eigenvalue weighted by atomic mass is 32.1. The van der Waals surface area contributed by atoms with Gasteiger partial charge in [-0.15, -0.1) is 11.3 Å². The van der Waals surface area contributed by atoms with Gasteiger partial charge in [0.05, 0.1) is 6.04 Å². The molecule has 1 aromatic heterocycles. The quantitative estimate of drug-likeness (QED) is 0.865. The Morgan fingerprint density at radius 3 is 3.05 bits per heavy atom. The number of likely N-dealkylation sites (tertiary alicyclic amines) is 1. The van der Waals surface area contributed by atoms with Gasteiger partial charge in [0.2, 0.25) is 5.91 Å². The first-order chi connectivity index (χ1) is 10.3. The molecule has 0 bridgehead atoms. The van der Waals surface area contributed by atoms with E-state index < -0.39 is 0 Å². The third-order valence-corrected chi connectivity index (χ3v) is 4.75. The molecule has 0 spiro atoms. The van der Waals surface area contributed by atoms with Crippen molar-refractivity contribution in [1.82, 2.24) is 9.88 Å². The van der Waals surface area contributed by atoms with Crippen LogP contribution < -0.4 is 0 Å². The molecule has 3 nitrogen and oxygen atoms in total. The van der Waals surface area contributed by atoms with E-state index in [1.54, 1.807) is 35.7 Å². The van der Waals surface area contributed by atoms with Gasteiger partial charge in [0, 0.05) is 24.5 Å². The summed E-state index contributed by atoms with van der Waals surface area (Å²) in [6, 6.07) is 6.76. The molecule has 2 heterocycles. The zero-order chi connectivity index (χ0) is 14.7. The van der Waals surface area contributed by atoms with Crippen molar-refractivity contribution in [2.24, 2.45) is 0 Å². The number of hydrogen-bond donors (Lipinski definition) is 0. The normalized spacial score (nSPS) is 18.1. The Kier molecular flexibility index (Phi) is 4.29. The van der Waals surface area contributed by atoms with Crippen LogP contribution in [-0.4, -0.2) is 22.3 Å². The minimum Gasteiger partial charge on any atom is -0.333 e. The minimum absolute atomic E-state index is 0.0935. The van der Waals surface area contributed by atoms with Gasteiger partial charge in [-0.3, -0.25) is 4.79 Å². The largest absolute Gasteiger partial charge is 0.333 e. The molecule has 0 N–H and O–H groups in total. The molecule has 21 heavy (non-hydrogen) atoms. The average molecular weight is 304 g/mol. The minimum atomic E-state index is -0.233. The smallest absolute Gasteiger partial charge is 0.223 e. The van der Waals surface area contributed by atoms with E-state index >= 15 is 0 Å². The standard InChI is InChI=1S/C16H17FN2OS/c17-13-5-2-1-4-12(13)7-8-15(20)19-10-3-6-14(19)16-18-9-11-21-16/h1-2,4-5,9,11,14H,3,6-8,10H2. The van der Waals surface area contributed by atoms with E-state index in [4.69, 9.17) is 0 Å². The second-order valence-electron chi connectivity index (χ2n) is 5.21. The van der Waals surface area contributed by atoms with Crippen molar-refractivity contribution in [3.05, 3.63) is 52.2 Å². The Morgan fingerprint density at radius 1 is 1.43 bits per heavy atom. The molecule has 1 aliphatic rings. The number of nitrogens with zero attached hydrogens (tertiary/aromatic N) is 2. The Balaban J connectivity index is 1.64. The van der Waals surface area contributed by atoms with E-state index in [0.717, 1.165) is 24.4 Å². The number of carbonyl (C=O) groups is 1. The molecule has 1 aromatic carbocycles. The summed E-state index contributed by atoms with van der Waals surface area (Å²) in [5.41, 5.74) is 0.607. The lowest BCUT2D eigenvalue weighted by Gasteiger charge is -2.23. The van der Waals surface area contributed by atoms with Crippen molar-refractivity contribution in [2.75, 3.05) is 6.54 Å². The lowest BCUT2D eigenvalue weighted by molar-refractivity contribution is -0.132. The number of halogens is 1. The van der Waals surface area contributed by atoms with Crippen LogP contribution in [0.3, 0.4) is 0 Å². The van der Waals surface area contributed by atoms with E-state index in [9.17, 15) is 9.18 Å². The average Bonchev–Trinajstić information content (AvgIpc) is 3.16. The highest BCUT2D eigenvalue weighted by Crippen LogP contribution is 2.33. The maximum atomic E-state index is 13.6. The molecule has 1 saturated heterocycles. The van der Waals surface area contributed by atoms with Crippen molar-refractivity contribution in [1.29, 1.82) is 0 Å². The van der Waals surface area contributed by atoms with Crippen LogP contribution in [0.1, 0.15) is 35.9 Å². The van der Waals surface area contributed by atoms with Gasteiger partial charge in [-0.1, -0.05) is 18.2 Å². The first-order valence-corrected chi connectivity index (χ1v) is 8.06. The first-order valence-electron chi connectivity index (χ1n) is 7.18. The van der Waals surface area contributed by atoms with Gasteiger partial charge in [-0.05, 0) is 30.9 Å². The number of hydrogen-bond acceptors (Lipinski definition) is 3. The zero-order valence-corrected chi connectivity index (χ0v) is 12.5. The molecule has 0 aliphatic carbocycles. The number of benzene rings is 1. The van der Waals surface area contributed by atoms with Gasteiger partial charge >= 0.3 is 0 Å². The van der Waals surface area contributed by atoms with E-state index in [-0.39, 0.29) is 17.8 Å². The van der Waals surface area contributed by atoms with Crippen LogP contribution >= 0.6 is 11.3 Å². The number of amides is 1. The summed E-state index contributed by atoms with van der Waals surface area (Å²) in [6.45, 7) is 0.778. The summed E-state index contributed by atoms with van der Waals surface area (Å²) in [5.74, 6) is -0.140. The third kappa shape index (κ3) is 3.13. The van der Waals surface area contributed by atoms with Gasteiger partial charge in [-0.25, -0.2) is 9.37 Å². The van der Waals surface area contributed by atoms with Gasteiger partial charge in [0.15, 0.2) is 0 Å². The molecule has 0 radical (unpaired) electrons. The molecule has 1 amide bonds. The van der Waals surface area contributed by atoms with Crippen molar-refractivity contribution in [2.45, 2.75) is 31.7 Å². The Bertz CT molecular complexity index is 614. The van der Waals surface area contributed by atoms with Crippen molar-refractivity contribution in [3.63, 3.8) is 0 Å². The highest BCUT2D eigenvalue weighted by Gasteiger charge is 2.31. The fourth-order valence-electron chi connectivity index (χ4n) is 2.81. The monoisotopic (exact) mass is 304 g/mol. The van der Waals surface area contributed by atoms with E-state index in [1.807, 2.05) is 10.3 Å². The maximum absolute atomic E-state index is 13.6. The van der Waals surface area contributed by atoms with Crippen LogP contribution in [-0.2, 0) is 11.2 Å². The number of carbonyl (C=O) groups excluding carboxylic acids is 1. The number of rotatable bonds is 4. The molecule has 1 fully saturated rings.